The number of amides is 1. The van der Waals surface area contributed by atoms with Crippen LogP contribution in [0.2, 0.25) is 0 Å². The molecule has 0 aromatic heterocycles. The first kappa shape index (κ1) is 16.3. The molecule has 1 amide bonds. The zero-order valence-corrected chi connectivity index (χ0v) is 12.5. The molecule has 2 N–H and O–H groups in total. The lowest BCUT2D eigenvalue weighted by atomic mass is 10.2. The molecule has 1 aromatic carbocycles. The Bertz CT molecular complexity index is 422. The van der Waals surface area contributed by atoms with Gasteiger partial charge in [-0.1, -0.05) is 13.0 Å². The number of hydrogen-bond acceptors (Lipinski definition) is 4. The molecule has 0 spiro atoms. The third-order valence-corrected chi connectivity index (χ3v) is 2.88. The normalized spacial score (nSPS) is 10.2. The molecule has 0 bridgehead atoms. The number of benzene rings is 1. The van der Waals surface area contributed by atoms with Crippen molar-refractivity contribution in [2.45, 2.75) is 26.3 Å². The summed E-state index contributed by atoms with van der Waals surface area (Å²) in [4.78, 5) is 11.2. The highest BCUT2D eigenvalue weighted by atomic mass is 16.5. The summed E-state index contributed by atoms with van der Waals surface area (Å²) in [5, 5.41) is 5.91. The molecule has 0 radical (unpaired) electrons. The third kappa shape index (κ3) is 5.48. The second-order valence-electron chi connectivity index (χ2n) is 4.42. The molecular weight excluding hydrogens is 256 g/mol. The number of methoxy groups -OCH3 is 1. The molecule has 0 unspecified atom stereocenters. The minimum Gasteiger partial charge on any atom is -0.497 e. The van der Waals surface area contributed by atoms with Crippen LogP contribution in [0.5, 0.6) is 11.5 Å². The fourth-order valence-electron chi connectivity index (χ4n) is 1.72. The summed E-state index contributed by atoms with van der Waals surface area (Å²) in [6.07, 6.45) is 1.43. The number of ether oxygens (including phenoxy) is 2. The van der Waals surface area contributed by atoms with Gasteiger partial charge in [-0.2, -0.15) is 0 Å². The lowest BCUT2D eigenvalue weighted by molar-refractivity contribution is -0.121. The van der Waals surface area contributed by atoms with Crippen molar-refractivity contribution in [1.82, 2.24) is 10.6 Å². The maximum atomic E-state index is 11.2. The highest BCUT2D eigenvalue weighted by molar-refractivity contribution is 5.75. The Labute approximate surface area is 120 Å². The van der Waals surface area contributed by atoms with E-state index in [-0.39, 0.29) is 5.91 Å². The van der Waals surface area contributed by atoms with Crippen molar-refractivity contribution >= 4 is 5.91 Å². The third-order valence-electron chi connectivity index (χ3n) is 2.88. The molecule has 5 nitrogen and oxygen atoms in total. The van der Waals surface area contributed by atoms with Crippen molar-refractivity contribution in [3.05, 3.63) is 23.8 Å². The molecule has 1 aromatic rings. The summed E-state index contributed by atoms with van der Waals surface area (Å²) in [5.74, 6) is 1.48. The van der Waals surface area contributed by atoms with Gasteiger partial charge >= 0.3 is 0 Å². The van der Waals surface area contributed by atoms with Gasteiger partial charge in [0.25, 0.3) is 0 Å². The van der Waals surface area contributed by atoms with E-state index < -0.39 is 0 Å². The smallest absolute Gasteiger partial charge is 0.223 e. The van der Waals surface area contributed by atoms with Crippen molar-refractivity contribution in [3.63, 3.8) is 0 Å². The highest BCUT2D eigenvalue weighted by Crippen LogP contribution is 2.25. The van der Waals surface area contributed by atoms with Gasteiger partial charge in [0, 0.05) is 25.2 Å². The maximum absolute atomic E-state index is 11.2. The van der Waals surface area contributed by atoms with Crippen LogP contribution in [0, 0.1) is 0 Å². The molecule has 20 heavy (non-hydrogen) atoms. The SMILES string of the molecule is CCCNCc1ccc(OC)cc1OCCC(=O)NC. The quantitative estimate of drug-likeness (QED) is 0.676. The summed E-state index contributed by atoms with van der Waals surface area (Å²) in [6, 6.07) is 5.75. The average molecular weight is 280 g/mol. The summed E-state index contributed by atoms with van der Waals surface area (Å²) in [6.45, 7) is 4.19. The van der Waals surface area contributed by atoms with Crippen molar-refractivity contribution in [1.29, 1.82) is 0 Å². The minimum atomic E-state index is -0.0291. The molecule has 0 heterocycles. The molecule has 5 heteroatoms. The number of rotatable bonds is 9. The van der Waals surface area contributed by atoms with Gasteiger partial charge in [-0.15, -0.1) is 0 Å². The lowest BCUT2D eigenvalue weighted by Gasteiger charge is -2.13. The molecule has 0 saturated carbocycles. The van der Waals surface area contributed by atoms with Gasteiger partial charge in [-0.25, -0.2) is 0 Å². The van der Waals surface area contributed by atoms with E-state index in [0.29, 0.717) is 13.0 Å². The van der Waals surface area contributed by atoms with Gasteiger partial charge in [-0.3, -0.25) is 4.79 Å². The van der Waals surface area contributed by atoms with E-state index >= 15 is 0 Å². The largest absolute Gasteiger partial charge is 0.497 e. The van der Waals surface area contributed by atoms with Crippen molar-refractivity contribution in [3.8, 4) is 11.5 Å². The Morgan fingerprint density at radius 1 is 1.35 bits per heavy atom. The van der Waals surface area contributed by atoms with Gasteiger partial charge in [0.05, 0.1) is 20.1 Å². The molecule has 0 aliphatic carbocycles. The molecular formula is C15H24N2O3. The maximum Gasteiger partial charge on any atom is 0.223 e. The van der Waals surface area contributed by atoms with E-state index in [2.05, 4.69) is 17.6 Å². The lowest BCUT2D eigenvalue weighted by Crippen LogP contribution is -2.20. The number of carbonyl (C=O) groups excluding carboxylic acids is 1. The van der Waals surface area contributed by atoms with Crippen LogP contribution in [0.15, 0.2) is 18.2 Å². The summed E-state index contributed by atoms with van der Waals surface area (Å²) in [7, 11) is 3.24. The second-order valence-corrected chi connectivity index (χ2v) is 4.42. The molecule has 0 aliphatic heterocycles. The van der Waals surface area contributed by atoms with Crippen LogP contribution in [0.1, 0.15) is 25.3 Å². The Morgan fingerprint density at radius 3 is 2.80 bits per heavy atom. The standard InChI is InChI=1S/C15H24N2O3/c1-4-8-17-11-12-5-6-13(19-3)10-14(12)20-9-7-15(18)16-2/h5-6,10,17H,4,7-9,11H2,1-3H3,(H,16,18). The Kier molecular flexibility index (Phi) is 7.50. The molecule has 0 aliphatic rings. The molecule has 0 fully saturated rings. The summed E-state index contributed by atoms with van der Waals surface area (Å²) >= 11 is 0. The summed E-state index contributed by atoms with van der Waals surface area (Å²) in [5.41, 5.74) is 1.07. The van der Waals surface area contributed by atoms with Crippen LogP contribution in [-0.4, -0.2) is 33.2 Å². The Morgan fingerprint density at radius 2 is 2.15 bits per heavy atom. The zero-order chi connectivity index (χ0) is 14.8. The molecule has 0 saturated heterocycles. The van der Waals surface area contributed by atoms with Crippen LogP contribution < -0.4 is 20.1 Å². The van der Waals surface area contributed by atoms with Gasteiger partial charge in [0.2, 0.25) is 5.91 Å². The van der Waals surface area contributed by atoms with Crippen LogP contribution >= 0.6 is 0 Å². The van der Waals surface area contributed by atoms with E-state index in [0.717, 1.165) is 36.6 Å². The van der Waals surface area contributed by atoms with Crippen LogP contribution in [0.4, 0.5) is 0 Å². The molecule has 1 rings (SSSR count). The van der Waals surface area contributed by atoms with Crippen molar-refractivity contribution in [2.24, 2.45) is 0 Å². The van der Waals surface area contributed by atoms with Crippen LogP contribution in [-0.2, 0) is 11.3 Å². The van der Waals surface area contributed by atoms with Crippen molar-refractivity contribution in [2.75, 3.05) is 27.3 Å². The van der Waals surface area contributed by atoms with Gasteiger partial charge in [0.15, 0.2) is 0 Å². The van der Waals surface area contributed by atoms with E-state index in [4.69, 9.17) is 9.47 Å². The van der Waals surface area contributed by atoms with E-state index in [9.17, 15) is 4.79 Å². The number of hydrogen-bond donors (Lipinski definition) is 2. The topological polar surface area (TPSA) is 59.6 Å². The van der Waals surface area contributed by atoms with Gasteiger partial charge in [0.1, 0.15) is 11.5 Å². The molecule has 112 valence electrons. The minimum absolute atomic E-state index is 0.0291. The monoisotopic (exact) mass is 280 g/mol. The average Bonchev–Trinajstić information content (AvgIpc) is 2.48. The van der Waals surface area contributed by atoms with E-state index in [1.807, 2.05) is 18.2 Å². The predicted molar refractivity (Wildman–Crippen MR) is 79.2 cm³/mol. The second kappa shape index (κ2) is 9.20. The van der Waals surface area contributed by atoms with Gasteiger partial charge < -0.3 is 20.1 Å². The Balaban J connectivity index is 2.65. The first-order chi connectivity index (χ1) is 9.71. The predicted octanol–water partition coefficient (Wildman–Crippen LogP) is 1.71. The van der Waals surface area contributed by atoms with Crippen molar-refractivity contribution < 1.29 is 14.3 Å². The number of nitrogens with one attached hydrogen (secondary N) is 2. The Hall–Kier alpha value is -1.75. The highest BCUT2D eigenvalue weighted by Gasteiger charge is 2.07. The van der Waals surface area contributed by atoms with Gasteiger partial charge in [-0.05, 0) is 19.0 Å². The van der Waals surface area contributed by atoms with E-state index in [1.54, 1.807) is 14.2 Å². The van der Waals surface area contributed by atoms with Crippen LogP contribution in [0.3, 0.4) is 0 Å². The fraction of sp³-hybridized carbons (Fsp3) is 0.533. The first-order valence-corrected chi connectivity index (χ1v) is 6.92. The van der Waals surface area contributed by atoms with E-state index in [1.165, 1.54) is 0 Å². The first-order valence-electron chi connectivity index (χ1n) is 6.92. The fourth-order valence-corrected chi connectivity index (χ4v) is 1.72. The number of carbonyl (C=O) groups is 1. The zero-order valence-electron chi connectivity index (χ0n) is 12.5. The van der Waals surface area contributed by atoms with Crippen LogP contribution in [0.25, 0.3) is 0 Å². The molecule has 0 atom stereocenters. The summed E-state index contributed by atoms with van der Waals surface area (Å²) < 4.78 is 10.9.